The first kappa shape index (κ1) is 19.5. The van der Waals surface area contributed by atoms with Gasteiger partial charge in [0.05, 0.1) is 12.5 Å². The fraction of sp³-hybridized carbons (Fsp3) is 0.368. The number of hydrogen-bond acceptors (Lipinski definition) is 5. The van der Waals surface area contributed by atoms with Crippen LogP contribution in [0.4, 0.5) is 9.18 Å². The Morgan fingerprint density at radius 3 is 2.57 bits per heavy atom. The van der Waals surface area contributed by atoms with Gasteiger partial charge in [0.25, 0.3) is 5.91 Å². The molecule has 0 unspecified atom stereocenters. The zero-order chi connectivity index (χ0) is 20.1. The smallest absolute Gasteiger partial charge is 0.357 e. The van der Waals surface area contributed by atoms with E-state index in [2.05, 4.69) is 15.6 Å². The molecule has 0 spiro atoms. The number of nitrogens with one attached hydrogen (secondary N) is 2. The number of imidazole rings is 1. The molecule has 1 aliphatic rings. The van der Waals surface area contributed by atoms with Crippen molar-refractivity contribution in [2.75, 3.05) is 0 Å². The van der Waals surface area contributed by atoms with Gasteiger partial charge in [-0.25, -0.2) is 19.0 Å². The number of imide groups is 1. The number of carbonyl (C=O) groups excluding carboxylic acids is 3. The topological polar surface area (TPSA) is 102 Å². The van der Waals surface area contributed by atoms with E-state index in [0.29, 0.717) is 5.69 Å². The molecule has 9 heteroatoms. The van der Waals surface area contributed by atoms with Crippen molar-refractivity contribution < 1.29 is 23.5 Å². The molecule has 2 N–H and O–H groups in total. The zero-order valence-electron chi connectivity index (χ0n) is 15.4. The lowest BCUT2D eigenvalue weighted by molar-refractivity contribution is -0.127. The number of esters is 1. The summed E-state index contributed by atoms with van der Waals surface area (Å²) in [6.45, 7) is 1.37. The van der Waals surface area contributed by atoms with Crippen LogP contribution in [0.25, 0.3) is 5.69 Å². The maximum absolute atomic E-state index is 13.1. The van der Waals surface area contributed by atoms with E-state index in [-0.39, 0.29) is 11.7 Å². The molecule has 1 aromatic heterocycles. The average molecular weight is 388 g/mol. The van der Waals surface area contributed by atoms with Gasteiger partial charge in [-0.05, 0) is 44.0 Å². The molecule has 0 saturated heterocycles. The van der Waals surface area contributed by atoms with Crippen LogP contribution in [0.15, 0.2) is 36.8 Å². The van der Waals surface area contributed by atoms with E-state index in [0.717, 1.165) is 25.7 Å². The van der Waals surface area contributed by atoms with E-state index in [1.165, 1.54) is 48.3 Å². The molecule has 1 saturated carbocycles. The van der Waals surface area contributed by atoms with Crippen molar-refractivity contribution in [3.63, 3.8) is 0 Å². The first-order chi connectivity index (χ1) is 13.4. The summed E-state index contributed by atoms with van der Waals surface area (Å²) in [7, 11) is 0. The highest BCUT2D eigenvalue weighted by Crippen LogP contribution is 2.17. The number of rotatable bonds is 5. The van der Waals surface area contributed by atoms with Crippen LogP contribution in [-0.2, 0) is 9.53 Å². The average Bonchev–Trinajstić information content (AvgIpc) is 3.33. The predicted molar refractivity (Wildman–Crippen MR) is 97.3 cm³/mol. The van der Waals surface area contributed by atoms with Gasteiger partial charge in [-0.1, -0.05) is 12.8 Å². The van der Waals surface area contributed by atoms with E-state index >= 15 is 0 Å². The van der Waals surface area contributed by atoms with E-state index < -0.39 is 29.8 Å². The Morgan fingerprint density at radius 2 is 1.89 bits per heavy atom. The Balaban J connectivity index is 1.58. The third-order valence-electron chi connectivity index (χ3n) is 4.53. The number of hydrogen-bond donors (Lipinski definition) is 2. The van der Waals surface area contributed by atoms with Gasteiger partial charge in [0.2, 0.25) is 0 Å². The van der Waals surface area contributed by atoms with Crippen molar-refractivity contribution in [1.29, 1.82) is 0 Å². The van der Waals surface area contributed by atoms with Gasteiger partial charge in [0.1, 0.15) is 5.82 Å². The van der Waals surface area contributed by atoms with Gasteiger partial charge >= 0.3 is 12.0 Å². The quantitative estimate of drug-likeness (QED) is 0.766. The molecule has 0 aliphatic heterocycles. The van der Waals surface area contributed by atoms with Crippen LogP contribution in [0.3, 0.4) is 0 Å². The highest BCUT2D eigenvalue weighted by Gasteiger charge is 2.24. The molecule has 1 atom stereocenters. The van der Waals surface area contributed by atoms with Crippen molar-refractivity contribution in [3.05, 3.63) is 48.3 Å². The molecule has 1 heterocycles. The summed E-state index contributed by atoms with van der Waals surface area (Å²) in [5.41, 5.74) is 0.584. The minimum Gasteiger partial charge on any atom is -0.448 e. The van der Waals surface area contributed by atoms with Gasteiger partial charge in [-0.2, -0.15) is 0 Å². The van der Waals surface area contributed by atoms with Crippen molar-refractivity contribution in [3.8, 4) is 5.69 Å². The lowest BCUT2D eigenvalue weighted by atomic mass is 10.2. The summed E-state index contributed by atoms with van der Waals surface area (Å²) >= 11 is 0. The summed E-state index contributed by atoms with van der Waals surface area (Å²) in [5.74, 6) is -1.92. The first-order valence-electron chi connectivity index (χ1n) is 9.04. The lowest BCUT2D eigenvalue weighted by Crippen LogP contribution is -2.47. The fourth-order valence-electron chi connectivity index (χ4n) is 3.03. The normalized spacial score (nSPS) is 15.1. The second kappa shape index (κ2) is 8.64. The van der Waals surface area contributed by atoms with Crippen molar-refractivity contribution in [2.45, 2.75) is 44.8 Å². The second-order valence-corrected chi connectivity index (χ2v) is 6.62. The Hall–Kier alpha value is -3.23. The third-order valence-corrected chi connectivity index (χ3v) is 4.53. The van der Waals surface area contributed by atoms with Gasteiger partial charge in [-0.3, -0.25) is 14.7 Å². The number of benzene rings is 1. The highest BCUT2D eigenvalue weighted by molar-refractivity contribution is 5.98. The molecule has 1 aliphatic carbocycles. The number of amides is 3. The number of ether oxygens (including phenoxy) is 1. The Labute approximate surface area is 161 Å². The maximum Gasteiger partial charge on any atom is 0.357 e. The molecule has 3 amide bonds. The second-order valence-electron chi connectivity index (χ2n) is 6.62. The monoisotopic (exact) mass is 388 g/mol. The van der Waals surface area contributed by atoms with Gasteiger partial charge < -0.3 is 10.1 Å². The lowest BCUT2D eigenvalue weighted by Gasteiger charge is -2.16. The summed E-state index contributed by atoms with van der Waals surface area (Å²) < 4.78 is 19.7. The number of urea groups is 1. The largest absolute Gasteiger partial charge is 0.448 e. The van der Waals surface area contributed by atoms with Crippen molar-refractivity contribution in [2.24, 2.45) is 0 Å². The van der Waals surface area contributed by atoms with E-state index in [9.17, 15) is 18.8 Å². The van der Waals surface area contributed by atoms with Crippen LogP contribution in [0, 0.1) is 5.82 Å². The van der Waals surface area contributed by atoms with Crippen LogP contribution in [0.2, 0.25) is 0 Å². The van der Waals surface area contributed by atoms with Crippen LogP contribution < -0.4 is 10.6 Å². The number of aromatic nitrogens is 2. The standard InChI is InChI=1S/C19H21FN4O4/c1-12(17(25)23-19(27)22-14-4-2-3-5-14)28-18(26)16-10-21-11-24(16)15-8-6-13(20)7-9-15/h6-12,14H,2-5H2,1H3,(H2,22,23,25,27)/t12-/m1/s1. The maximum atomic E-state index is 13.1. The molecule has 1 fully saturated rings. The Bertz CT molecular complexity index is 859. The van der Waals surface area contributed by atoms with E-state index in [4.69, 9.17) is 4.74 Å². The first-order valence-corrected chi connectivity index (χ1v) is 9.04. The molecule has 28 heavy (non-hydrogen) atoms. The molecule has 8 nitrogen and oxygen atoms in total. The SMILES string of the molecule is C[C@@H](OC(=O)c1cncn1-c1ccc(F)cc1)C(=O)NC(=O)NC1CCCC1. The molecule has 148 valence electrons. The van der Waals surface area contributed by atoms with Gasteiger partial charge in [0, 0.05) is 11.7 Å². The van der Waals surface area contributed by atoms with E-state index in [1.54, 1.807) is 0 Å². The van der Waals surface area contributed by atoms with Crippen LogP contribution in [0.1, 0.15) is 43.1 Å². The fourth-order valence-corrected chi connectivity index (χ4v) is 3.03. The number of nitrogens with zero attached hydrogens (tertiary/aromatic N) is 2. The van der Waals surface area contributed by atoms with Crippen LogP contribution in [-0.4, -0.2) is 39.6 Å². The van der Waals surface area contributed by atoms with E-state index in [1.807, 2.05) is 0 Å². The van der Waals surface area contributed by atoms with Crippen LogP contribution in [0.5, 0.6) is 0 Å². The molecule has 0 radical (unpaired) electrons. The molecule has 3 rings (SSSR count). The van der Waals surface area contributed by atoms with Crippen LogP contribution >= 0.6 is 0 Å². The number of carbonyl (C=O) groups is 3. The summed E-state index contributed by atoms with van der Waals surface area (Å²) in [4.78, 5) is 40.3. The molecule has 0 bridgehead atoms. The Morgan fingerprint density at radius 1 is 1.21 bits per heavy atom. The number of halogens is 1. The third kappa shape index (κ3) is 4.73. The van der Waals surface area contributed by atoms with Crippen molar-refractivity contribution in [1.82, 2.24) is 20.2 Å². The minimum atomic E-state index is -1.18. The molecule has 2 aromatic rings. The molecular formula is C19H21FN4O4. The zero-order valence-corrected chi connectivity index (χ0v) is 15.4. The van der Waals surface area contributed by atoms with Crippen molar-refractivity contribution >= 4 is 17.9 Å². The van der Waals surface area contributed by atoms with Gasteiger partial charge in [-0.15, -0.1) is 0 Å². The predicted octanol–water partition coefficient (Wildman–Crippen LogP) is 2.33. The highest BCUT2D eigenvalue weighted by atomic mass is 19.1. The molecule has 1 aromatic carbocycles. The van der Waals surface area contributed by atoms with Gasteiger partial charge in [0.15, 0.2) is 11.8 Å². The summed E-state index contributed by atoms with van der Waals surface area (Å²) in [6.07, 6.45) is 5.35. The Kier molecular flexibility index (Phi) is 6.03. The minimum absolute atomic E-state index is 0.0655. The molecular weight excluding hydrogens is 367 g/mol. The summed E-state index contributed by atoms with van der Waals surface area (Å²) in [6, 6.07) is 4.94. The summed E-state index contributed by atoms with van der Waals surface area (Å²) in [5, 5.41) is 4.90.